The molecule has 2 aliphatic carbocycles. The molecule has 2 atom stereocenters. The fourth-order valence-electron chi connectivity index (χ4n) is 3.72. The first-order chi connectivity index (χ1) is 10.0. The minimum atomic E-state index is 0.275. The molecule has 1 N–H and O–H groups in total. The van der Waals surface area contributed by atoms with Crippen molar-refractivity contribution < 1.29 is 4.74 Å². The third-order valence-corrected chi connectivity index (χ3v) is 5.93. The number of hydrogen-bond acceptors (Lipinski definition) is 2. The molecule has 3 heteroatoms. The van der Waals surface area contributed by atoms with Crippen LogP contribution in [0.5, 0.6) is 0 Å². The molecule has 0 aromatic heterocycles. The van der Waals surface area contributed by atoms with Crippen LogP contribution in [0.2, 0.25) is 0 Å². The molecular weight excluding hydrogens is 326 g/mol. The molecule has 0 amide bonds. The lowest BCUT2D eigenvalue weighted by atomic mass is 9.63. The van der Waals surface area contributed by atoms with Crippen molar-refractivity contribution in [2.45, 2.75) is 64.1 Å². The Morgan fingerprint density at radius 2 is 2.05 bits per heavy atom. The molecule has 0 aliphatic heterocycles. The first kappa shape index (κ1) is 15.5. The van der Waals surface area contributed by atoms with E-state index in [0.29, 0.717) is 18.2 Å². The van der Waals surface area contributed by atoms with Gasteiger partial charge in [0, 0.05) is 28.6 Å². The highest BCUT2D eigenvalue weighted by Gasteiger charge is 2.50. The summed E-state index contributed by atoms with van der Waals surface area (Å²) in [6.45, 7) is 7.58. The summed E-state index contributed by atoms with van der Waals surface area (Å²) in [4.78, 5) is 0. The van der Waals surface area contributed by atoms with Gasteiger partial charge in [0.25, 0.3) is 0 Å². The van der Waals surface area contributed by atoms with E-state index in [4.69, 9.17) is 4.74 Å². The normalized spacial score (nSPS) is 34.1. The molecule has 0 heterocycles. The fraction of sp³-hybridized carbons (Fsp3) is 0.667. The molecule has 3 rings (SSSR count). The van der Waals surface area contributed by atoms with Crippen molar-refractivity contribution in [1.29, 1.82) is 0 Å². The Morgan fingerprint density at radius 1 is 1.29 bits per heavy atom. The fourth-order valence-corrected chi connectivity index (χ4v) is 4.14. The maximum atomic E-state index is 5.81. The van der Waals surface area contributed by atoms with E-state index in [-0.39, 0.29) is 5.41 Å². The van der Waals surface area contributed by atoms with E-state index in [2.05, 4.69) is 66.3 Å². The van der Waals surface area contributed by atoms with Gasteiger partial charge in [-0.15, -0.1) is 0 Å². The molecule has 0 bridgehead atoms. The van der Waals surface area contributed by atoms with Gasteiger partial charge in [-0.3, -0.25) is 0 Å². The highest BCUT2D eigenvalue weighted by molar-refractivity contribution is 9.10. The minimum Gasteiger partial charge on any atom is -0.378 e. The number of benzene rings is 1. The van der Waals surface area contributed by atoms with Crippen LogP contribution in [0, 0.1) is 5.41 Å². The quantitative estimate of drug-likeness (QED) is 0.843. The van der Waals surface area contributed by atoms with Crippen molar-refractivity contribution in [2.75, 3.05) is 6.61 Å². The zero-order valence-corrected chi connectivity index (χ0v) is 14.8. The standard InChI is InChI=1S/C18H26BrNO/c1-4-21-17-11-16(18(17,2)3)20-15-9-13(10-15)12-6-5-7-14(19)8-12/h5-8,13,15-17,20H,4,9-11H2,1-3H3. The topological polar surface area (TPSA) is 21.3 Å². The van der Waals surface area contributed by atoms with Crippen LogP contribution in [0.15, 0.2) is 28.7 Å². The summed E-state index contributed by atoms with van der Waals surface area (Å²) in [7, 11) is 0. The van der Waals surface area contributed by atoms with Gasteiger partial charge in [-0.1, -0.05) is 41.9 Å². The van der Waals surface area contributed by atoms with Gasteiger partial charge in [0.05, 0.1) is 6.10 Å². The lowest BCUT2D eigenvalue weighted by Gasteiger charge is -2.54. The van der Waals surface area contributed by atoms with Crippen molar-refractivity contribution in [1.82, 2.24) is 5.32 Å². The number of rotatable bonds is 5. The Hall–Kier alpha value is -0.380. The Morgan fingerprint density at radius 3 is 2.67 bits per heavy atom. The summed E-state index contributed by atoms with van der Waals surface area (Å²) in [6, 6.07) is 10.1. The highest BCUT2D eigenvalue weighted by atomic mass is 79.9. The van der Waals surface area contributed by atoms with Gasteiger partial charge >= 0.3 is 0 Å². The summed E-state index contributed by atoms with van der Waals surface area (Å²) >= 11 is 3.57. The Bertz CT molecular complexity index is 496. The molecule has 2 aliphatic rings. The molecule has 21 heavy (non-hydrogen) atoms. The van der Waals surface area contributed by atoms with E-state index < -0.39 is 0 Å². The lowest BCUT2D eigenvalue weighted by Crippen LogP contribution is -2.64. The first-order valence-electron chi connectivity index (χ1n) is 8.13. The number of hydrogen-bond donors (Lipinski definition) is 1. The van der Waals surface area contributed by atoms with Crippen LogP contribution in [0.3, 0.4) is 0 Å². The number of nitrogens with one attached hydrogen (secondary N) is 1. The zero-order chi connectivity index (χ0) is 15.0. The molecule has 0 radical (unpaired) electrons. The molecule has 0 saturated heterocycles. The largest absolute Gasteiger partial charge is 0.378 e. The Labute approximate surface area is 136 Å². The van der Waals surface area contributed by atoms with Gasteiger partial charge in [0.15, 0.2) is 0 Å². The van der Waals surface area contributed by atoms with Gasteiger partial charge in [-0.05, 0) is 49.8 Å². The van der Waals surface area contributed by atoms with Crippen molar-refractivity contribution in [3.63, 3.8) is 0 Å². The van der Waals surface area contributed by atoms with E-state index in [1.54, 1.807) is 0 Å². The SMILES string of the molecule is CCOC1CC(NC2CC(c3cccc(Br)c3)C2)C1(C)C. The summed E-state index contributed by atoms with van der Waals surface area (Å²) in [5.74, 6) is 0.728. The molecular formula is C18H26BrNO. The average Bonchev–Trinajstić information content (AvgIpc) is 2.39. The summed E-state index contributed by atoms with van der Waals surface area (Å²) in [5, 5.41) is 3.85. The van der Waals surface area contributed by atoms with E-state index in [0.717, 1.165) is 12.5 Å². The van der Waals surface area contributed by atoms with Gasteiger partial charge in [-0.2, -0.15) is 0 Å². The van der Waals surface area contributed by atoms with E-state index in [1.165, 1.54) is 29.3 Å². The molecule has 116 valence electrons. The summed E-state index contributed by atoms with van der Waals surface area (Å²) in [6.07, 6.45) is 4.13. The third-order valence-electron chi connectivity index (χ3n) is 5.44. The Kier molecular flexibility index (Phi) is 4.45. The second-order valence-corrected chi connectivity index (χ2v) is 8.06. The summed E-state index contributed by atoms with van der Waals surface area (Å²) in [5.41, 5.74) is 1.75. The van der Waals surface area contributed by atoms with Crippen molar-refractivity contribution in [3.05, 3.63) is 34.3 Å². The number of halogens is 1. The van der Waals surface area contributed by atoms with Crippen molar-refractivity contribution in [3.8, 4) is 0 Å². The summed E-state index contributed by atoms with van der Waals surface area (Å²) < 4.78 is 7.01. The van der Waals surface area contributed by atoms with Crippen LogP contribution < -0.4 is 5.32 Å². The van der Waals surface area contributed by atoms with E-state index in [1.807, 2.05) is 0 Å². The third kappa shape index (κ3) is 3.06. The maximum absolute atomic E-state index is 5.81. The molecule has 1 aromatic carbocycles. The van der Waals surface area contributed by atoms with Crippen LogP contribution in [0.25, 0.3) is 0 Å². The van der Waals surface area contributed by atoms with Crippen LogP contribution in [0.4, 0.5) is 0 Å². The molecule has 2 saturated carbocycles. The smallest absolute Gasteiger partial charge is 0.0655 e. The zero-order valence-electron chi connectivity index (χ0n) is 13.2. The second kappa shape index (κ2) is 6.02. The van der Waals surface area contributed by atoms with Crippen molar-refractivity contribution >= 4 is 15.9 Å². The average molecular weight is 352 g/mol. The van der Waals surface area contributed by atoms with Gasteiger partial charge in [0.2, 0.25) is 0 Å². The van der Waals surface area contributed by atoms with Gasteiger partial charge < -0.3 is 10.1 Å². The number of ether oxygens (including phenoxy) is 1. The van der Waals surface area contributed by atoms with Crippen LogP contribution >= 0.6 is 15.9 Å². The van der Waals surface area contributed by atoms with Crippen LogP contribution in [-0.2, 0) is 4.74 Å². The Balaban J connectivity index is 1.48. The monoisotopic (exact) mass is 351 g/mol. The highest BCUT2D eigenvalue weighted by Crippen LogP contribution is 2.45. The van der Waals surface area contributed by atoms with Crippen molar-refractivity contribution in [2.24, 2.45) is 5.41 Å². The lowest BCUT2D eigenvalue weighted by molar-refractivity contribution is -0.118. The van der Waals surface area contributed by atoms with E-state index >= 15 is 0 Å². The van der Waals surface area contributed by atoms with Gasteiger partial charge in [-0.25, -0.2) is 0 Å². The van der Waals surface area contributed by atoms with Gasteiger partial charge in [0.1, 0.15) is 0 Å². The maximum Gasteiger partial charge on any atom is 0.0655 e. The van der Waals surface area contributed by atoms with Crippen LogP contribution in [-0.4, -0.2) is 24.8 Å². The molecule has 2 unspecified atom stereocenters. The minimum absolute atomic E-state index is 0.275. The molecule has 0 spiro atoms. The second-order valence-electron chi connectivity index (χ2n) is 7.14. The first-order valence-corrected chi connectivity index (χ1v) is 8.93. The molecule has 1 aromatic rings. The van der Waals surface area contributed by atoms with E-state index in [9.17, 15) is 0 Å². The predicted molar refractivity (Wildman–Crippen MR) is 90.6 cm³/mol. The molecule has 2 nitrogen and oxygen atoms in total. The van der Waals surface area contributed by atoms with Crippen LogP contribution in [0.1, 0.15) is 51.5 Å². The predicted octanol–water partition coefficient (Wildman–Crippen LogP) is 4.49. The molecule has 2 fully saturated rings.